The van der Waals surface area contributed by atoms with Crippen molar-refractivity contribution in [3.63, 3.8) is 0 Å². The summed E-state index contributed by atoms with van der Waals surface area (Å²) in [5.74, 6) is 2.01. The number of hydrogen-bond donors (Lipinski definition) is 2. The van der Waals surface area contributed by atoms with E-state index in [0.29, 0.717) is 30.3 Å². The number of carbonyl (C=O) groups excluding carboxylic acids is 5. The lowest BCUT2D eigenvalue weighted by atomic mass is 9.80. The highest BCUT2D eigenvalue weighted by atomic mass is 16.6. The normalized spacial score (nSPS) is 42.8. The molecule has 0 radical (unpaired) electrons. The van der Waals surface area contributed by atoms with Gasteiger partial charge in [-0.2, -0.15) is 0 Å². The van der Waals surface area contributed by atoms with Gasteiger partial charge in [0.05, 0.1) is 30.3 Å². The van der Waals surface area contributed by atoms with Crippen LogP contribution >= 0.6 is 0 Å². The molecule has 0 unspecified atom stereocenters. The molecule has 10 heteroatoms. The van der Waals surface area contributed by atoms with Crippen molar-refractivity contribution in [2.24, 2.45) is 71.0 Å². The molecule has 0 amide bonds. The Bertz CT molecular complexity index is 1010. The van der Waals surface area contributed by atoms with E-state index in [2.05, 4.69) is 14.2 Å². The first-order valence-electron chi connectivity index (χ1n) is 15.2. The van der Waals surface area contributed by atoms with Crippen LogP contribution in [0.15, 0.2) is 12.2 Å². The SMILES string of the molecule is CCOC(C)=O.O=C1OC(=O)[C@H]2[C@@H]1[C@@H]1C=C[C@H]2C1.O=C1OC(=O)[C@H]2[C@@H]3CC[C@@H](C3)[C@@H]12.OC[C@@H]1[C@H]2CC[C@H](C2)[C@@H]1CO. The Morgan fingerprint density at radius 2 is 1.10 bits per heavy atom. The van der Waals surface area contributed by atoms with Crippen LogP contribution in [0.25, 0.3) is 0 Å². The maximum atomic E-state index is 11.2. The van der Waals surface area contributed by atoms with Crippen molar-refractivity contribution in [3.05, 3.63) is 12.2 Å². The highest BCUT2D eigenvalue weighted by Gasteiger charge is 2.60. The zero-order chi connectivity index (χ0) is 29.4. The summed E-state index contributed by atoms with van der Waals surface area (Å²) in [5, 5.41) is 18.2. The van der Waals surface area contributed by atoms with E-state index in [9.17, 15) is 24.0 Å². The zero-order valence-corrected chi connectivity index (χ0v) is 23.8. The third-order valence-corrected chi connectivity index (χ3v) is 10.9. The van der Waals surface area contributed by atoms with Gasteiger partial charge >= 0.3 is 29.8 Å². The first-order valence-corrected chi connectivity index (χ1v) is 15.2. The van der Waals surface area contributed by atoms with Crippen LogP contribution in [0, 0.1) is 71.0 Å². The molecule has 8 rings (SSSR count). The fraction of sp³-hybridized carbons (Fsp3) is 0.774. The number of ether oxygens (including phenoxy) is 3. The molecule has 6 aliphatic carbocycles. The Hall–Kier alpha value is -2.59. The van der Waals surface area contributed by atoms with E-state index in [1.165, 1.54) is 26.2 Å². The minimum absolute atomic E-state index is 0.0590. The van der Waals surface area contributed by atoms with Gasteiger partial charge in [0.2, 0.25) is 0 Å². The van der Waals surface area contributed by atoms with Gasteiger partial charge in [-0.05, 0) is 99.2 Å². The van der Waals surface area contributed by atoms with E-state index < -0.39 is 0 Å². The first-order chi connectivity index (χ1) is 19.7. The number of esters is 5. The molecular weight excluding hydrogens is 532 g/mol. The van der Waals surface area contributed by atoms with Gasteiger partial charge in [-0.3, -0.25) is 24.0 Å². The second-order valence-electron chi connectivity index (χ2n) is 12.8. The van der Waals surface area contributed by atoms with Gasteiger partial charge < -0.3 is 24.4 Å². The quantitative estimate of drug-likeness (QED) is 0.222. The molecule has 6 bridgehead atoms. The van der Waals surface area contributed by atoms with Gasteiger partial charge in [-0.1, -0.05) is 12.2 Å². The predicted molar refractivity (Wildman–Crippen MR) is 142 cm³/mol. The summed E-state index contributed by atoms with van der Waals surface area (Å²) in [6.45, 7) is 4.22. The number of hydrogen-bond acceptors (Lipinski definition) is 10. The van der Waals surface area contributed by atoms with Crippen LogP contribution in [0.1, 0.15) is 58.8 Å². The van der Waals surface area contributed by atoms with E-state index in [1.54, 1.807) is 6.92 Å². The molecule has 10 nitrogen and oxygen atoms in total. The fourth-order valence-electron chi connectivity index (χ4n) is 9.21. The van der Waals surface area contributed by atoms with Crippen molar-refractivity contribution in [2.75, 3.05) is 19.8 Å². The number of rotatable bonds is 3. The Morgan fingerprint density at radius 1 is 0.707 bits per heavy atom. The summed E-state index contributed by atoms with van der Waals surface area (Å²) >= 11 is 0. The summed E-state index contributed by atoms with van der Waals surface area (Å²) in [5.41, 5.74) is 0. The number of aliphatic hydroxyl groups is 2. The summed E-state index contributed by atoms with van der Waals surface area (Å²) in [6, 6.07) is 0. The largest absolute Gasteiger partial charge is 0.466 e. The molecular formula is C31H42O10. The van der Waals surface area contributed by atoms with E-state index in [4.69, 9.17) is 10.2 Å². The molecule has 8 aliphatic rings. The van der Waals surface area contributed by atoms with E-state index >= 15 is 0 Å². The second kappa shape index (κ2) is 12.3. The topological polar surface area (TPSA) is 154 Å². The summed E-state index contributed by atoms with van der Waals surface area (Å²) in [7, 11) is 0. The molecule has 5 saturated carbocycles. The molecule has 12 atom stereocenters. The van der Waals surface area contributed by atoms with Crippen LogP contribution in [0.5, 0.6) is 0 Å². The van der Waals surface area contributed by atoms with Crippen molar-refractivity contribution < 1.29 is 48.4 Å². The van der Waals surface area contributed by atoms with Crippen LogP contribution in [-0.4, -0.2) is 59.9 Å². The smallest absolute Gasteiger partial charge is 0.318 e. The zero-order valence-electron chi connectivity index (χ0n) is 23.8. The standard InChI is InChI=1S/C9H10O3.C9H8O3.C9H16O2.C4H8O2/c2*10-8-6-4-1-2-5(3-4)7(6)9(11)12-8;10-4-8-6-1-2-7(3-6)9(8)5-11;1-3-6-4(2)5/h4-7H,1-3H2;1-2,4-7H,3H2;6-11H,1-5H2;3H2,1-2H3/t2*4-,5+,6+,7-;6-,7+,8+,9-;. The summed E-state index contributed by atoms with van der Waals surface area (Å²) in [6.07, 6.45) is 12.2. The Labute approximate surface area is 240 Å². The molecule has 2 aliphatic heterocycles. The molecule has 0 aromatic heterocycles. The highest BCUT2D eigenvalue weighted by molar-refractivity contribution is 5.98. The predicted octanol–water partition coefficient (Wildman–Crippen LogP) is 2.44. The average Bonchev–Trinajstić information content (AvgIpc) is 3.79. The number of aliphatic hydroxyl groups excluding tert-OH is 2. The van der Waals surface area contributed by atoms with Gasteiger partial charge in [-0.15, -0.1) is 0 Å². The van der Waals surface area contributed by atoms with Gasteiger partial charge in [0.25, 0.3) is 0 Å². The number of cyclic esters (lactones) is 4. The summed E-state index contributed by atoms with van der Waals surface area (Å²) in [4.78, 5) is 54.6. The Morgan fingerprint density at radius 3 is 1.46 bits per heavy atom. The lowest BCUT2D eigenvalue weighted by Crippen LogP contribution is -2.27. The molecule has 0 spiro atoms. The summed E-state index contributed by atoms with van der Waals surface area (Å²) < 4.78 is 13.6. The van der Waals surface area contributed by atoms with E-state index in [-0.39, 0.29) is 78.6 Å². The van der Waals surface area contributed by atoms with Crippen LogP contribution in [0.4, 0.5) is 0 Å². The molecule has 2 saturated heterocycles. The van der Waals surface area contributed by atoms with Crippen LogP contribution < -0.4 is 0 Å². The van der Waals surface area contributed by atoms with Gasteiger partial charge in [-0.25, -0.2) is 0 Å². The van der Waals surface area contributed by atoms with Gasteiger partial charge in [0.1, 0.15) is 0 Å². The Kier molecular flexibility index (Phi) is 8.99. The van der Waals surface area contributed by atoms with Crippen LogP contribution in [0.3, 0.4) is 0 Å². The minimum Gasteiger partial charge on any atom is -0.466 e. The first kappa shape index (κ1) is 29.9. The minimum atomic E-state index is -0.304. The maximum absolute atomic E-state index is 11.2. The van der Waals surface area contributed by atoms with Crippen LogP contribution in [-0.2, 0) is 38.2 Å². The second-order valence-corrected chi connectivity index (χ2v) is 12.8. The van der Waals surface area contributed by atoms with E-state index in [0.717, 1.165) is 37.5 Å². The van der Waals surface area contributed by atoms with Gasteiger partial charge in [0.15, 0.2) is 0 Å². The molecule has 0 aromatic rings. The van der Waals surface area contributed by atoms with Crippen molar-refractivity contribution in [2.45, 2.75) is 58.8 Å². The highest BCUT2D eigenvalue weighted by Crippen LogP contribution is 2.55. The van der Waals surface area contributed by atoms with E-state index in [1.807, 2.05) is 12.2 Å². The van der Waals surface area contributed by atoms with Crippen molar-refractivity contribution in [3.8, 4) is 0 Å². The monoisotopic (exact) mass is 574 g/mol. The van der Waals surface area contributed by atoms with Crippen LogP contribution in [0.2, 0.25) is 0 Å². The molecule has 2 N–H and O–H groups in total. The lowest BCUT2D eigenvalue weighted by molar-refractivity contribution is -0.156. The fourth-order valence-corrected chi connectivity index (χ4v) is 9.21. The lowest BCUT2D eigenvalue weighted by Gasteiger charge is -2.27. The number of carbonyl (C=O) groups is 5. The average molecular weight is 575 g/mol. The number of fused-ring (bicyclic) bond motifs is 12. The molecule has 2 heterocycles. The molecule has 7 fully saturated rings. The van der Waals surface area contributed by atoms with Crippen molar-refractivity contribution in [1.29, 1.82) is 0 Å². The van der Waals surface area contributed by atoms with Gasteiger partial charge in [0, 0.05) is 20.1 Å². The van der Waals surface area contributed by atoms with Crippen molar-refractivity contribution >= 4 is 29.8 Å². The molecule has 226 valence electrons. The van der Waals surface area contributed by atoms with Crippen molar-refractivity contribution in [1.82, 2.24) is 0 Å². The number of allylic oxidation sites excluding steroid dienone is 2. The third kappa shape index (κ3) is 5.61. The molecule has 41 heavy (non-hydrogen) atoms. The maximum Gasteiger partial charge on any atom is 0.318 e. The third-order valence-electron chi connectivity index (χ3n) is 10.9. The molecule has 0 aromatic carbocycles. The Balaban J connectivity index is 0.000000113.